The van der Waals surface area contributed by atoms with Crippen molar-refractivity contribution in [2.75, 3.05) is 6.54 Å². The molecule has 0 saturated heterocycles. The van der Waals surface area contributed by atoms with Crippen LogP contribution in [0.15, 0.2) is 54.6 Å². The maximum absolute atomic E-state index is 13.2. The molecule has 0 fully saturated rings. The number of nitro groups is 1. The maximum atomic E-state index is 13.2. The van der Waals surface area contributed by atoms with Gasteiger partial charge < -0.3 is 15.4 Å². The molecule has 3 N–H and O–H groups in total. The Morgan fingerprint density at radius 1 is 0.921 bits per heavy atom. The summed E-state index contributed by atoms with van der Waals surface area (Å²) in [6, 6.07) is 13.8. The number of hydrogen-bond acceptors (Lipinski definition) is 7. The van der Waals surface area contributed by atoms with Crippen molar-refractivity contribution < 1.29 is 24.0 Å². The van der Waals surface area contributed by atoms with E-state index in [0.29, 0.717) is 18.5 Å². The van der Waals surface area contributed by atoms with Crippen molar-refractivity contribution in [3.05, 3.63) is 75.8 Å². The molecule has 0 radical (unpaired) electrons. The van der Waals surface area contributed by atoms with E-state index in [1.165, 1.54) is 24.3 Å². The van der Waals surface area contributed by atoms with Gasteiger partial charge in [0, 0.05) is 18.6 Å². The molecule has 0 heterocycles. The highest BCUT2D eigenvalue weighted by atomic mass is 16.6. The number of nitro benzene ring substituents is 1. The van der Waals surface area contributed by atoms with Gasteiger partial charge in [0.25, 0.3) is 5.69 Å². The van der Waals surface area contributed by atoms with Crippen LogP contribution in [0.25, 0.3) is 0 Å². The predicted octanol–water partition coefficient (Wildman–Crippen LogP) is 3.92. The third-order valence-corrected chi connectivity index (χ3v) is 5.51. The highest BCUT2D eigenvalue weighted by Crippen LogP contribution is 2.14. The van der Waals surface area contributed by atoms with Crippen LogP contribution in [0.5, 0.6) is 0 Å². The quantitative estimate of drug-likeness (QED) is 0.281. The summed E-state index contributed by atoms with van der Waals surface area (Å²) < 4.78 is 5.29. The average Bonchev–Trinajstić information content (AvgIpc) is 2.82. The number of benzene rings is 2. The van der Waals surface area contributed by atoms with Crippen LogP contribution in [-0.2, 0) is 27.2 Å². The van der Waals surface area contributed by atoms with Gasteiger partial charge in [0.1, 0.15) is 11.6 Å². The average molecular weight is 527 g/mol. The molecule has 2 atom stereocenters. The van der Waals surface area contributed by atoms with Crippen LogP contribution in [-0.4, -0.2) is 47.1 Å². The van der Waals surface area contributed by atoms with Gasteiger partial charge in [-0.25, -0.2) is 4.79 Å². The zero-order chi connectivity index (χ0) is 28.3. The summed E-state index contributed by atoms with van der Waals surface area (Å²) in [4.78, 5) is 49.2. The van der Waals surface area contributed by atoms with Gasteiger partial charge in [-0.3, -0.25) is 25.0 Å². The second kappa shape index (κ2) is 14.2. The highest BCUT2D eigenvalue weighted by Gasteiger charge is 2.28. The Labute approximate surface area is 223 Å². The summed E-state index contributed by atoms with van der Waals surface area (Å²) in [6.07, 6.45) is 0.430. The third kappa shape index (κ3) is 11.1. The highest BCUT2D eigenvalue weighted by molar-refractivity contribution is 6.01. The molecule has 2 aromatic carbocycles. The largest absolute Gasteiger partial charge is 0.444 e. The van der Waals surface area contributed by atoms with Crippen LogP contribution in [0.4, 0.5) is 10.5 Å². The second-order valence-corrected chi connectivity index (χ2v) is 10.6. The lowest BCUT2D eigenvalue weighted by molar-refractivity contribution is -0.384. The summed E-state index contributed by atoms with van der Waals surface area (Å²) in [5.74, 6) is -0.991. The normalized spacial score (nSPS) is 12.9. The molecule has 0 aromatic heterocycles. The van der Waals surface area contributed by atoms with Gasteiger partial charge in [-0.1, -0.05) is 56.3 Å². The first-order valence-electron chi connectivity index (χ1n) is 12.7. The maximum Gasteiger partial charge on any atom is 0.408 e. The zero-order valence-electron chi connectivity index (χ0n) is 22.7. The van der Waals surface area contributed by atoms with Gasteiger partial charge in [-0.05, 0) is 57.2 Å². The van der Waals surface area contributed by atoms with Crippen molar-refractivity contribution in [2.24, 2.45) is 5.92 Å². The lowest BCUT2D eigenvalue weighted by Crippen LogP contribution is -2.54. The Balaban J connectivity index is 2.12. The van der Waals surface area contributed by atoms with E-state index in [0.717, 1.165) is 12.0 Å². The van der Waals surface area contributed by atoms with E-state index in [9.17, 15) is 24.5 Å². The van der Waals surface area contributed by atoms with Crippen molar-refractivity contribution >= 4 is 23.6 Å². The van der Waals surface area contributed by atoms with Crippen LogP contribution >= 0.6 is 0 Å². The van der Waals surface area contributed by atoms with Gasteiger partial charge >= 0.3 is 6.09 Å². The molecule has 0 saturated carbocycles. The number of non-ortho nitro benzene ring substituents is 1. The number of hydrogen-bond donors (Lipinski definition) is 3. The van der Waals surface area contributed by atoms with Crippen LogP contribution in [0.2, 0.25) is 0 Å². The summed E-state index contributed by atoms with van der Waals surface area (Å²) in [5, 5.41) is 19.2. The van der Waals surface area contributed by atoms with Crippen molar-refractivity contribution in [2.45, 2.75) is 71.6 Å². The van der Waals surface area contributed by atoms with Crippen LogP contribution in [0.3, 0.4) is 0 Å². The van der Waals surface area contributed by atoms with Gasteiger partial charge in [-0.15, -0.1) is 0 Å². The van der Waals surface area contributed by atoms with E-state index in [1.54, 1.807) is 20.8 Å². The minimum absolute atomic E-state index is 0.00658. The lowest BCUT2D eigenvalue weighted by Gasteiger charge is -2.24. The molecule has 0 aliphatic carbocycles. The Morgan fingerprint density at radius 3 is 2.08 bits per heavy atom. The summed E-state index contributed by atoms with van der Waals surface area (Å²) in [5.41, 5.74) is 0.811. The minimum Gasteiger partial charge on any atom is -0.444 e. The molecule has 0 unspecified atom stereocenters. The molecule has 0 spiro atoms. The first-order chi connectivity index (χ1) is 17.8. The standard InChI is InChI=1S/C28H38N4O6/c1-19(2)17-23(29-16-15-20-9-7-6-8-10-20)25(33)31-26(34)24(30-27(35)38-28(3,4)5)18-21-11-13-22(14-12-21)32(36)37/h6-14,19,23-24,29H,15-18H2,1-5H3,(H,30,35)(H,31,33,34)/t23-,24-/m0/s1. The van der Waals surface area contributed by atoms with E-state index in [4.69, 9.17) is 4.74 Å². The van der Waals surface area contributed by atoms with Crippen molar-refractivity contribution in [1.82, 2.24) is 16.0 Å². The predicted molar refractivity (Wildman–Crippen MR) is 144 cm³/mol. The smallest absolute Gasteiger partial charge is 0.408 e. The molecule has 3 amide bonds. The number of rotatable bonds is 12. The number of nitrogens with zero attached hydrogens (tertiary/aromatic N) is 1. The Kier molecular flexibility index (Phi) is 11.4. The van der Waals surface area contributed by atoms with Crippen LogP contribution < -0.4 is 16.0 Å². The lowest BCUT2D eigenvalue weighted by atomic mass is 10.0. The molecule has 10 heteroatoms. The second-order valence-electron chi connectivity index (χ2n) is 10.6. The van der Waals surface area contributed by atoms with E-state index in [-0.39, 0.29) is 18.0 Å². The fourth-order valence-electron chi connectivity index (χ4n) is 3.73. The molecular weight excluding hydrogens is 488 g/mol. The molecule has 2 rings (SSSR count). The molecule has 0 bridgehead atoms. The van der Waals surface area contributed by atoms with Crippen molar-refractivity contribution in [3.63, 3.8) is 0 Å². The summed E-state index contributed by atoms with van der Waals surface area (Å²) >= 11 is 0. The third-order valence-electron chi connectivity index (χ3n) is 5.51. The molecule has 0 aliphatic heterocycles. The zero-order valence-corrected chi connectivity index (χ0v) is 22.7. The number of nitrogens with one attached hydrogen (secondary N) is 3. The van der Waals surface area contributed by atoms with Crippen molar-refractivity contribution in [3.8, 4) is 0 Å². The molecule has 206 valence electrons. The SMILES string of the molecule is CC(C)C[C@H](NCCc1ccccc1)C(=O)NC(=O)[C@H](Cc1ccc([N+](=O)[O-])cc1)NC(=O)OC(C)(C)C. The molecule has 2 aromatic rings. The first-order valence-corrected chi connectivity index (χ1v) is 12.7. The Bertz CT molecular complexity index is 1080. The molecular formula is C28H38N4O6. The van der Waals surface area contributed by atoms with E-state index >= 15 is 0 Å². The Morgan fingerprint density at radius 2 is 1.53 bits per heavy atom. The van der Waals surface area contributed by atoms with E-state index in [1.807, 2.05) is 44.2 Å². The van der Waals surface area contributed by atoms with Crippen molar-refractivity contribution in [1.29, 1.82) is 0 Å². The van der Waals surface area contributed by atoms with Gasteiger partial charge in [0.15, 0.2) is 0 Å². The van der Waals surface area contributed by atoms with Crippen LogP contribution in [0, 0.1) is 16.0 Å². The first kappa shape index (κ1) is 30.4. The van der Waals surface area contributed by atoms with Gasteiger partial charge in [0.05, 0.1) is 11.0 Å². The monoisotopic (exact) mass is 526 g/mol. The molecule has 38 heavy (non-hydrogen) atoms. The Hall–Kier alpha value is -3.79. The minimum atomic E-state index is -1.14. The fraction of sp³-hybridized carbons (Fsp3) is 0.464. The number of carbonyl (C=O) groups is 3. The van der Waals surface area contributed by atoms with E-state index in [2.05, 4.69) is 16.0 Å². The summed E-state index contributed by atoms with van der Waals surface area (Å²) in [6.45, 7) is 9.60. The van der Waals surface area contributed by atoms with E-state index < -0.39 is 40.5 Å². The number of imide groups is 1. The van der Waals surface area contributed by atoms with Crippen LogP contribution in [0.1, 0.15) is 52.2 Å². The number of alkyl carbamates (subject to hydrolysis) is 1. The summed E-state index contributed by atoms with van der Waals surface area (Å²) in [7, 11) is 0. The number of ether oxygens (including phenoxy) is 1. The van der Waals surface area contributed by atoms with Gasteiger partial charge in [-0.2, -0.15) is 0 Å². The molecule has 10 nitrogen and oxygen atoms in total. The number of carbonyl (C=O) groups excluding carboxylic acids is 3. The number of amides is 3. The topological polar surface area (TPSA) is 140 Å². The molecule has 0 aliphatic rings. The van der Waals surface area contributed by atoms with Gasteiger partial charge in [0.2, 0.25) is 11.8 Å². The fourth-order valence-corrected chi connectivity index (χ4v) is 3.73.